The lowest BCUT2D eigenvalue weighted by atomic mass is 10.3. The predicted octanol–water partition coefficient (Wildman–Crippen LogP) is 1.62. The van der Waals surface area contributed by atoms with Crippen LogP contribution in [0, 0.1) is 0 Å². The third-order valence-corrected chi connectivity index (χ3v) is 3.28. The van der Waals surface area contributed by atoms with Gasteiger partial charge in [0.1, 0.15) is 0 Å². The Morgan fingerprint density at radius 1 is 1.29 bits per heavy atom. The maximum atomic E-state index is 11.9. The summed E-state index contributed by atoms with van der Waals surface area (Å²) < 4.78 is 6.49. The number of ether oxygens (including phenoxy) is 1. The number of benzene rings is 1. The van der Waals surface area contributed by atoms with Crippen molar-refractivity contribution in [3.05, 3.63) is 58.5 Å². The molecular formula is C17H23N5O2. The minimum atomic E-state index is -0.192. The van der Waals surface area contributed by atoms with Crippen molar-refractivity contribution in [1.82, 2.24) is 14.6 Å². The summed E-state index contributed by atoms with van der Waals surface area (Å²) >= 11 is 0. The number of nitrogens with zero attached hydrogens (tertiary/aromatic N) is 4. The number of aromatic nitrogens is 2. The predicted molar refractivity (Wildman–Crippen MR) is 95.3 cm³/mol. The highest BCUT2D eigenvalue weighted by atomic mass is 16.5. The fourth-order valence-corrected chi connectivity index (χ4v) is 2.18. The summed E-state index contributed by atoms with van der Waals surface area (Å²) in [6, 6.07) is 13.5. The number of nitrogens with one attached hydrogen (secondary N) is 1. The molecule has 1 aromatic carbocycles. The van der Waals surface area contributed by atoms with E-state index < -0.39 is 0 Å². The Bertz CT molecular complexity index is 667. The lowest BCUT2D eigenvalue weighted by Crippen LogP contribution is -2.25. The first kappa shape index (κ1) is 17.8. The Labute approximate surface area is 141 Å². The van der Waals surface area contributed by atoms with Gasteiger partial charge in [0.15, 0.2) is 0 Å². The second-order valence-corrected chi connectivity index (χ2v) is 5.09. The maximum Gasteiger partial charge on any atom is 0.275 e. The van der Waals surface area contributed by atoms with Crippen molar-refractivity contribution >= 4 is 12.2 Å². The van der Waals surface area contributed by atoms with Gasteiger partial charge < -0.3 is 10.1 Å². The summed E-state index contributed by atoms with van der Waals surface area (Å²) in [5.41, 5.74) is 0.528. The minimum absolute atomic E-state index is 0.192. The summed E-state index contributed by atoms with van der Waals surface area (Å²) in [4.78, 5) is 18.4. The van der Waals surface area contributed by atoms with Crippen molar-refractivity contribution < 1.29 is 4.74 Å². The molecule has 128 valence electrons. The van der Waals surface area contributed by atoms with E-state index in [1.54, 1.807) is 20.2 Å². The molecule has 24 heavy (non-hydrogen) atoms. The molecule has 0 amide bonds. The van der Waals surface area contributed by atoms with E-state index in [9.17, 15) is 4.79 Å². The van der Waals surface area contributed by atoms with Crippen LogP contribution >= 0.6 is 0 Å². The molecule has 0 saturated carbocycles. The van der Waals surface area contributed by atoms with Gasteiger partial charge in [-0.1, -0.05) is 36.4 Å². The molecule has 0 aliphatic carbocycles. The minimum Gasteiger partial charge on any atom is -0.365 e. The summed E-state index contributed by atoms with van der Waals surface area (Å²) in [5, 5.41) is 6.84. The van der Waals surface area contributed by atoms with Gasteiger partial charge in [-0.05, 0) is 6.92 Å². The average Bonchev–Trinajstić information content (AvgIpc) is 3.12. The lowest BCUT2D eigenvalue weighted by molar-refractivity contribution is 0.136. The van der Waals surface area contributed by atoms with Crippen LogP contribution in [0.25, 0.3) is 0 Å². The van der Waals surface area contributed by atoms with E-state index in [2.05, 4.69) is 20.3 Å². The van der Waals surface area contributed by atoms with Crippen molar-refractivity contribution in [2.75, 3.05) is 32.2 Å². The molecule has 1 fully saturated rings. The van der Waals surface area contributed by atoms with E-state index in [4.69, 9.17) is 4.74 Å². The van der Waals surface area contributed by atoms with Crippen LogP contribution in [0.5, 0.6) is 0 Å². The molecular weight excluding hydrogens is 306 g/mol. The van der Waals surface area contributed by atoms with Gasteiger partial charge in [0.05, 0.1) is 19.0 Å². The topological polar surface area (TPSA) is 71.8 Å². The Hall–Kier alpha value is -2.51. The van der Waals surface area contributed by atoms with Gasteiger partial charge in [-0.2, -0.15) is 9.78 Å². The Morgan fingerprint density at radius 3 is 2.46 bits per heavy atom. The van der Waals surface area contributed by atoms with Crippen LogP contribution in [0.1, 0.15) is 12.6 Å². The highest BCUT2D eigenvalue weighted by Crippen LogP contribution is 2.07. The molecule has 1 N–H and O–H groups in total. The van der Waals surface area contributed by atoms with E-state index >= 15 is 0 Å². The molecule has 1 aliphatic rings. The second kappa shape index (κ2) is 9.59. The van der Waals surface area contributed by atoms with E-state index in [0.29, 0.717) is 19.2 Å². The maximum absolute atomic E-state index is 11.9. The van der Waals surface area contributed by atoms with Crippen LogP contribution in [0.3, 0.4) is 0 Å². The first-order valence-corrected chi connectivity index (χ1v) is 7.84. The average molecular weight is 329 g/mol. The molecule has 2 heterocycles. The molecule has 0 spiro atoms. The summed E-state index contributed by atoms with van der Waals surface area (Å²) in [6.45, 7) is 4.55. The van der Waals surface area contributed by atoms with Gasteiger partial charge in [-0.3, -0.25) is 9.69 Å². The molecule has 1 saturated heterocycles. The van der Waals surface area contributed by atoms with Gasteiger partial charge >= 0.3 is 0 Å². The number of hydrogen-bond acceptors (Lipinski definition) is 6. The third kappa shape index (κ3) is 5.29. The van der Waals surface area contributed by atoms with Crippen LogP contribution in [-0.2, 0) is 11.3 Å². The van der Waals surface area contributed by atoms with Crippen LogP contribution in [-0.4, -0.2) is 47.7 Å². The van der Waals surface area contributed by atoms with E-state index in [-0.39, 0.29) is 5.56 Å². The van der Waals surface area contributed by atoms with Crippen molar-refractivity contribution in [2.24, 2.45) is 5.10 Å². The summed E-state index contributed by atoms with van der Waals surface area (Å²) in [5.74, 6) is 0.440. The number of rotatable bonds is 4. The molecule has 0 bridgehead atoms. The van der Waals surface area contributed by atoms with Crippen LogP contribution < -0.4 is 10.9 Å². The zero-order chi connectivity index (χ0) is 17.2. The van der Waals surface area contributed by atoms with Gasteiger partial charge in [-0.15, -0.1) is 0 Å². The number of hydrogen-bond donors (Lipinski definition) is 1. The van der Waals surface area contributed by atoms with Crippen LogP contribution in [0.2, 0.25) is 0 Å². The van der Waals surface area contributed by atoms with Gasteiger partial charge in [-0.25, -0.2) is 4.98 Å². The molecule has 0 unspecified atom stereocenters. The Balaban J connectivity index is 0.000000292. The normalized spacial score (nSPS) is 14.4. The summed E-state index contributed by atoms with van der Waals surface area (Å²) in [6.07, 6.45) is 1.55. The smallest absolute Gasteiger partial charge is 0.275 e. The molecule has 0 atom stereocenters. The Morgan fingerprint density at radius 2 is 1.96 bits per heavy atom. The van der Waals surface area contributed by atoms with Crippen molar-refractivity contribution in [3.8, 4) is 0 Å². The quantitative estimate of drug-likeness (QED) is 0.863. The molecule has 3 rings (SSSR count). The molecule has 7 nitrogen and oxygen atoms in total. The van der Waals surface area contributed by atoms with Gasteiger partial charge in [0.2, 0.25) is 5.95 Å². The molecule has 7 heteroatoms. The van der Waals surface area contributed by atoms with Crippen LogP contribution in [0.15, 0.2) is 52.4 Å². The number of anilines is 1. The second-order valence-electron chi connectivity index (χ2n) is 5.09. The van der Waals surface area contributed by atoms with Gasteiger partial charge in [0.25, 0.3) is 5.56 Å². The monoisotopic (exact) mass is 329 g/mol. The summed E-state index contributed by atoms with van der Waals surface area (Å²) in [7, 11) is 1.71. The Kier molecular flexibility index (Phi) is 7.13. The van der Waals surface area contributed by atoms with Gasteiger partial charge in [0, 0.05) is 32.4 Å². The highest BCUT2D eigenvalue weighted by Gasteiger charge is 2.14. The fourth-order valence-electron chi connectivity index (χ4n) is 2.18. The van der Waals surface area contributed by atoms with Crippen LogP contribution in [0.4, 0.5) is 5.95 Å². The van der Waals surface area contributed by atoms with E-state index in [1.165, 1.54) is 10.7 Å². The molecule has 1 aromatic heterocycles. The largest absolute Gasteiger partial charge is 0.365 e. The first-order valence-electron chi connectivity index (χ1n) is 7.84. The van der Waals surface area contributed by atoms with Crippen molar-refractivity contribution in [2.45, 2.75) is 13.5 Å². The SMILES string of the molecule is C/C=N/n1c(NC)nc(CN2CCOC2)cc1=O.c1ccccc1. The lowest BCUT2D eigenvalue weighted by Gasteiger charge is -2.13. The van der Waals surface area contributed by atoms with Crippen molar-refractivity contribution in [1.29, 1.82) is 0 Å². The fraction of sp³-hybridized carbons (Fsp3) is 0.353. The standard InChI is InChI=1S/C11H17N5O2.C6H6/c1-3-13-16-10(17)6-9(14-11(16)12-2)7-15-4-5-18-8-15;1-2-4-6-5-3-1/h3,6H,4-5,7-8H2,1-2H3,(H,12,14);1-6H/b13-3+;. The molecule has 2 aromatic rings. The zero-order valence-corrected chi connectivity index (χ0v) is 14.1. The highest BCUT2D eigenvalue weighted by molar-refractivity contribution is 5.53. The van der Waals surface area contributed by atoms with E-state index in [0.717, 1.165) is 18.8 Å². The third-order valence-electron chi connectivity index (χ3n) is 3.28. The van der Waals surface area contributed by atoms with Crippen molar-refractivity contribution in [3.63, 3.8) is 0 Å². The zero-order valence-electron chi connectivity index (χ0n) is 14.1. The first-order chi connectivity index (χ1) is 11.7. The molecule has 0 radical (unpaired) electrons. The molecule has 1 aliphatic heterocycles. The van der Waals surface area contributed by atoms with E-state index in [1.807, 2.05) is 36.4 Å².